The molecule has 12 rings (SSSR count). The number of aromatic nitrogens is 6. The Balaban J connectivity index is 1.06. The lowest BCUT2D eigenvalue weighted by molar-refractivity contribution is 1.09. The molecule has 0 N–H and O–H groups in total. The molecule has 0 aliphatic carbocycles. The summed E-state index contributed by atoms with van der Waals surface area (Å²) in [6.07, 6.45) is 2.20. The van der Waals surface area contributed by atoms with Crippen LogP contribution in [0.4, 0.5) is 0 Å². The molecule has 7 heteroatoms. The molecular weight excluding hydrogens is 645 g/mol. The van der Waals surface area contributed by atoms with Gasteiger partial charge in [0.15, 0.2) is 10.6 Å². The molecule has 0 amide bonds. The summed E-state index contributed by atoms with van der Waals surface area (Å²) >= 11 is 1.69. The summed E-state index contributed by atoms with van der Waals surface area (Å²) in [5.41, 5.74) is 9.84. The first kappa shape index (κ1) is 27.2. The van der Waals surface area contributed by atoms with Gasteiger partial charge in [-0.1, -0.05) is 108 Å². The highest BCUT2D eigenvalue weighted by Gasteiger charge is 2.20. The van der Waals surface area contributed by atoms with E-state index in [1.807, 2.05) is 0 Å². The van der Waals surface area contributed by atoms with Crippen LogP contribution < -0.4 is 0 Å². The number of hydrogen-bond acceptors (Lipinski definition) is 3. The van der Waals surface area contributed by atoms with Gasteiger partial charge in [-0.3, -0.25) is 13.5 Å². The second-order valence-electron chi connectivity index (χ2n) is 13.1. The van der Waals surface area contributed by atoms with Crippen molar-refractivity contribution in [3.05, 3.63) is 158 Å². The van der Waals surface area contributed by atoms with Gasteiger partial charge in [0.25, 0.3) is 0 Å². The van der Waals surface area contributed by atoms with Crippen LogP contribution in [0.3, 0.4) is 0 Å². The number of para-hydroxylation sites is 5. The Morgan fingerprint density at radius 3 is 1.45 bits per heavy atom. The highest BCUT2D eigenvalue weighted by atomic mass is 32.1. The van der Waals surface area contributed by atoms with Gasteiger partial charge in [0.2, 0.25) is 0 Å². The van der Waals surface area contributed by atoms with E-state index in [0.717, 1.165) is 43.7 Å². The maximum atomic E-state index is 5.24. The molecule has 0 aliphatic heterocycles. The first-order chi connectivity index (χ1) is 25.3. The average Bonchev–Trinajstić information content (AvgIpc) is 3.97. The number of hydrogen-bond donors (Lipinski definition) is 0. The number of imidazole rings is 1. The predicted molar refractivity (Wildman–Crippen MR) is 211 cm³/mol. The van der Waals surface area contributed by atoms with Gasteiger partial charge in [0.1, 0.15) is 10.8 Å². The van der Waals surface area contributed by atoms with E-state index >= 15 is 0 Å². The summed E-state index contributed by atoms with van der Waals surface area (Å²) in [6, 6.07) is 54.3. The van der Waals surface area contributed by atoms with Crippen molar-refractivity contribution in [2.45, 2.75) is 0 Å². The lowest BCUT2D eigenvalue weighted by Crippen LogP contribution is -1.99. The molecule has 0 atom stereocenters. The first-order valence-corrected chi connectivity index (χ1v) is 17.9. The van der Waals surface area contributed by atoms with E-state index < -0.39 is 0 Å². The van der Waals surface area contributed by atoms with Crippen LogP contribution in [0.1, 0.15) is 0 Å². The van der Waals surface area contributed by atoms with Crippen molar-refractivity contribution >= 4 is 92.9 Å². The van der Waals surface area contributed by atoms with Crippen LogP contribution in [0, 0.1) is 0 Å². The topological polar surface area (TPSA) is 45.0 Å². The summed E-state index contributed by atoms with van der Waals surface area (Å²) in [5.74, 6) is 0.849. The number of pyridine rings is 1. The molecule has 6 aromatic carbocycles. The molecular formula is C44H26N6S. The standard InChI is InChI=1S/C44H26N6S/c1-6-16-34-28(11-1)29-12-2-7-17-35(29)48(34)27-21-22-33-32-15-3-8-18-36(32)49(40(33)25-27)41-24-23-39-43(45-41)46-44-47(39)26-42(51-44)50-37-19-9-4-13-30(37)31-14-5-10-20-38(31)50/h1-26H. The van der Waals surface area contributed by atoms with E-state index in [1.54, 1.807) is 11.3 Å². The van der Waals surface area contributed by atoms with Crippen LogP contribution in [-0.4, -0.2) is 28.1 Å². The number of benzene rings is 6. The predicted octanol–water partition coefficient (Wildman–Crippen LogP) is 11.2. The van der Waals surface area contributed by atoms with E-state index in [9.17, 15) is 0 Å². The summed E-state index contributed by atoms with van der Waals surface area (Å²) in [6.45, 7) is 0. The van der Waals surface area contributed by atoms with E-state index in [2.05, 4.69) is 176 Å². The quantitative estimate of drug-likeness (QED) is 0.188. The molecule has 0 radical (unpaired) electrons. The third kappa shape index (κ3) is 3.65. The fourth-order valence-corrected chi connectivity index (χ4v) is 9.32. The van der Waals surface area contributed by atoms with E-state index in [4.69, 9.17) is 9.97 Å². The van der Waals surface area contributed by atoms with Crippen LogP contribution in [0.25, 0.3) is 98.0 Å². The van der Waals surface area contributed by atoms with Crippen LogP contribution in [0.2, 0.25) is 0 Å². The maximum Gasteiger partial charge on any atom is 0.198 e. The Labute approximate surface area is 294 Å². The molecule has 6 nitrogen and oxygen atoms in total. The van der Waals surface area contributed by atoms with E-state index in [-0.39, 0.29) is 0 Å². The Bertz CT molecular complexity index is 3280. The van der Waals surface area contributed by atoms with Gasteiger partial charge in [-0.15, -0.1) is 0 Å². The molecule has 0 bridgehead atoms. The zero-order valence-electron chi connectivity index (χ0n) is 27.1. The fourth-order valence-electron chi connectivity index (χ4n) is 8.31. The fraction of sp³-hybridized carbons (Fsp3) is 0. The van der Waals surface area contributed by atoms with Crippen LogP contribution in [0.15, 0.2) is 158 Å². The van der Waals surface area contributed by atoms with Gasteiger partial charge < -0.3 is 4.57 Å². The van der Waals surface area contributed by atoms with Crippen LogP contribution in [0.5, 0.6) is 0 Å². The largest absolute Gasteiger partial charge is 0.309 e. The Kier molecular flexibility index (Phi) is 5.29. The highest BCUT2D eigenvalue weighted by molar-refractivity contribution is 7.19. The minimum atomic E-state index is 0.733. The monoisotopic (exact) mass is 670 g/mol. The zero-order chi connectivity index (χ0) is 33.2. The Morgan fingerprint density at radius 1 is 0.392 bits per heavy atom. The summed E-state index contributed by atoms with van der Waals surface area (Å²) < 4.78 is 9.20. The smallest absolute Gasteiger partial charge is 0.198 e. The van der Waals surface area contributed by atoms with Gasteiger partial charge in [0.05, 0.1) is 38.6 Å². The first-order valence-electron chi connectivity index (χ1n) is 17.1. The summed E-state index contributed by atoms with van der Waals surface area (Å²) in [4.78, 5) is 11.3. The molecule has 6 aromatic heterocycles. The number of nitrogens with zero attached hydrogens (tertiary/aromatic N) is 6. The molecule has 0 fully saturated rings. The molecule has 0 unspecified atom stereocenters. The van der Waals surface area contributed by atoms with Crippen molar-refractivity contribution in [2.75, 3.05) is 0 Å². The third-order valence-corrected chi connectivity index (χ3v) is 11.4. The van der Waals surface area contributed by atoms with Crippen molar-refractivity contribution in [3.8, 4) is 16.5 Å². The Hall–Kier alpha value is -6.70. The third-order valence-electron chi connectivity index (χ3n) is 10.5. The SMILES string of the molecule is c1ccc2c(c1)c1ccccc1n2-c1ccc2c3ccccc3n(-c3ccc4c(n3)nc3sc(-n5c6ccccc6c6ccccc65)cn34)c2c1. The lowest BCUT2D eigenvalue weighted by atomic mass is 10.1. The molecule has 238 valence electrons. The second-order valence-corrected chi connectivity index (χ2v) is 14.1. The number of fused-ring (bicyclic) bond motifs is 12. The van der Waals surface area contributed by atoms with Gasteiger partial charge in [0, 0.05) is 44.2 Å². The van der Waals surface area contributed by atoms with Crippen molar-refractivity contribution in [1.29, 1.82) is 0 Å². The minimum Gasteiger partial charge on any atom is -0.309 e. The molecule has 0 saturated heterocycles. The van der Waals surface area contributed by atoms with Crippen molar-refractivity contribution in [1.82, 2.24) is 28.1 Å². The average molecular weight is 671 g/mol. The summed E-state index contributed by atoms with van der Waals surface area (Å²) in [7, 11) is 0. The minimum absolute atomic E-state index is 0.733. The maximum absolute atomic E-state index is 5.24. The van der Waals surface area contributed by atoms with E-state index in [0.29, 0.717) is 0 Å². The van der Waals surface area contributed by atoms with Gasteiger partial charge in [-0.25, -0.2) is 4.98 Å². The number of rotatable bonds is 3. The molecule has 51 heavy (non-hydrogen) atoms. The van der Waals surface area contributed by atoms with Crippen LogP contribution in [-0.2, 0) is 0 Å². The molecule has 0 saturated carbocycles. The highest BCUT2D eigenvalue weighted by Crippen LogP contribution is 2.38. The zero-order valence-corrected chi connectivity index (χ0v) is 27.9. The second kappa shape index (κ2) is 9.94. The molecule has 12 aromatic rings. The molecule has 0 aliphatic rings. The molecule has 6 heterocycles. The lowest BCUT2D eigenvalue weighted by Gasteiger charge is -2.11. The van der Waals surface area contributed by atoms with Gasteiger partial charge in [-0.2, -0.15) is 4.98 Å². The summed E-state index contributed by atoms with van der Waals surface area (Å²) in [5, 5.41) is 8.53. The normalized spacial score (nSPS) is 12.3. The van der Waals surface area contributed by atoms with E-state index in [1.165, 1.54) is 54.4 Å². The molecule has 0 spiro atoms. The Morgan fingerprint density at radius 2 is 0.882 bits per heavy atom. The number of thiazole rings is 1. The van der Waals surface area contributed by atoms with Gasteiger partial charge in [-0.05, 0) is 54.6 Å². The van der Waals surface area contributed by atoms with Crippen molar-refractivity contribution < 1.29 is 0 Å². The van der Waals surface area contributed by atoms with Gasteiger partial charge >= 0.3 is 0 Å². The van der Waals surface area contributed by atoms with Crippen molar-refractivity contribution in [2.24, 2.45) is 0 Å². The van der Waals surface area contributed by atoms with Crippen molar-refractivity contribution in [3.63, 3.8) is 0 Å². The van der Waals surface area contributed by atoms with Crippen LogP contribution >= 0.6 is 11.3 Å².